The van der Waals surface area contributed by atoms with Gasteiger partial charge in [0.15, 0.2) is 0 Å². The molecule has 0 saturated carbocycles. The molecule has 2 aliphatic rings. The summed E-state index contributed by atoms with van der Waals surface area (Å²) in [4.78, 5) is 12.2. The molecule has 2 heterocycles. The Balaban J connectivity index is 2.38. The summed E-state index contributed by atoms with van der Waals surface area (Å²) in [5.41, 5.74) is -1.71. The zero-order chi connectivity index (χ0) is 14.8. The lowest BCUT2D eigenvalue weighted by atomic mass is 9.74. The molecular weight excluding hydrogens is 263 g/mol. The minimum Gasteiger partial charge on any atom is -0.388 e. The molecule has 2 fully saturated rings. The van der Waals surface area contributed by atoms with Crippen LogP contribution >= 0.6 is 0 Å². The largest absolute Gasteiger partial charge is 0.471 e. The Labute approximate surface area is 109 Å². The highest BCUT2D eigenvalue weighted by Gasteiger charge is 2.69. The first kappa shape index (κ1) is 14.6. The first-order valence-electron chi connectivity index (χ1n) is 6.15. The predicted molar refractivity (Wildman–Crippen MR) is 60.3 cm³/mol. The van der Waals surface area contributed by atoms with Crippen molar-refractivity contribution in [2.45, 2.75) is 57.7 Å². The van der Waals surface area contributed by atoms with Gasteiger partial charge in [0.2, 0.25) is 0 Å². The van der Waals surface area contributed by atoms with E-state index in [4.69, 9.17) is 4.74 Å². The van der Waals surface area contributed by atoms with Gasteiger partial charge in [0.05, 0.1) is 18.7 Å². The van der Waals surface area contributed by atoms with Crippen molar-refractivity contribution in [3.05, 3.63) is 0 Å². The van der Waals surface area contributed by atoms with Gasteiger partial charge in [-0.1, -0.05) is 20.8 Å². The molecule has 0 aliphatic carbocycles. The zero-order valence-electron chi connectivity index (χ0n) is 11.3. The number of hydrogen-bond acceptors (Lipinski definition) is 3. The molecule has 0 spiro atoms. The van der Waals surface area contributed by atoms with E-state index in [1.807, 2.05) is 0 Å². The van der Waals surface area contributed by atoms with E-state index in [9.17, 15) is 23.1 Å². The number of alkyl halides is 3. The maximum atomic E-state index is 12.6. The van der Waals surface area contributed by atoms with Crippen LogP contribution < -0.4 is 0 Å². The van der Waals surface area contributed by atoms with Gasteiger partial charge < -0.3 is 14.7 Å². The summed E-state index contributed by atoms with van der Waals surface area (Å²) in [6.45, 7) is 6.70. The van der Waals surface area contributed by atoms with E-state index in [1.165, 1.54) is 0 Å². The van der Waals surface area contributed by atoms with Crippen LogP contribution in [0.25, 0.3) is 0 Å². The van der Waals surface area contributed by atoms with Gasteiger partial charge in [-0.2, -0.15) is 13.2 Å². The molecule has 1 N–H and O–H groups in total. The highest BCUT2D eigenvalue weighted by Crippen LogP contribution is 2.51. The number of nitrogens with zero attached hydrogens (tertiary/aromatic N) is 1. The molecule has 2 rings (SSSR count). The van der Waals surface area contributed by atoms with Crippen LogP contribution in [0.1, 0.15) is 27.7 Å². The lowest BCUT2D eigenvalue weighted by Crippen LogP contribution is -2.56. The molecule has 19 heavy (non-hydrogen) atoms. The molecule has 110 valence electrons. The van der Waals surface area contributed by atoms with Gasteiger partial charge in [-0.15, -0.1) is 0 Å². The van der Waals surface area contributed by atoms with E-state index in [0.29, 0.717) is 4.90 Å². The summed E-state index contributed by atoms with van der Waals surface area (Å²) < 4.78 is 43.5. The van der Waals surface area contributed by atoms with Crippen LogP contribution in [0.4, 0.5) is 13.2 Å². The van der Waals surface area contributed by atoms with Crippen molar-refractivity contribution < 1.29 is 27.8 Å². The highest BCUT2D eigenvalue weighted by atomic mass is 19.4. The Kier molecular flexibility index (Phi) is 2.96. The fourth-order valence-electron chi connectivity index (χ4n) is 3.14. The summed E-state index contributed by atoms with van der Waals surface area (Å²) in [7, 11) is 0. The number of rotatable bonds is 0. The third-order valence-electron chi connectivity index (χ3n) is 4.22. The number of halogens is 3. The van der Waals surface area contributed by atoms with E-state index >= 15 is 0 Å². The van der Waals surface area contributed by atoms with Crippen LogP contribution in [0.3, 0.4) is 0 Å². The van der Waals surface area contributed by atoms with Crippen molar-refractivity contribution in [3.8, 4) is 0 Å². The maximum absolute atomic E-state index is 12.6. The van der Waals surface area contributed by atoms with Crippen LogP contribution in [0.5, 0.6) is 0 Å². The van der Waals surface area contributed by atoms with Gasteiger partial charge in [-0.25, -0.2) is 0 Å². The van der Waals surface area contributed by atoms with Gasteiger partial charge >= 0.3 is 12.1 Å². The van der Waals surface area contributed by atoms with Crippen molar-refractivity contribution in [2.75, 3.05) is 6.54 Å². The van der Waals surface area contributed by atoms with Crippen LogP contribution in [0, 0.1) is 5.41 Å². The van der Waals surface area contributed by atoms with Gasteiger partial charge in [0.1, 0.15) is 11.7 Å². The first-order valence-corrected chi connectivity index (χ1v) is 6.15. The number of carbonyl (C=O) groups is 1. The Morgan fingerprint density at radius 3 is 2.26 bits per heavy atom. The number of hydrogen-bond donors (Lipinski definition) is 1. The Morgan fingerprint density at radius 1 is 1.37 bits per heavy atom. The second-order valence-corrected chi connectivity index (χ2v) is 6.33. The van der Waals surface area contributed by atoms with Gasteiger partial charge in [0, 0.05) is 0 Å². The smallest absolute Gasteiger partial charge is 0.388 e. The summed E-state index contributed by atoms with van der Waals surface area (Å²) in [6.07, 6.45) is -6.65. The molecule has 4 nitrogen and oxygen atoms in total. The van der Waals surface area contributed by atoms with Crippen molar-refractivity contribution in [2.24, 2.45) is 5.41 Å². The van der Waals surface area contributed by atoms with Crippen molar-refractivity contribution in [1.29, 1.82) is 0 Å². The molecule has 4 atom stereocenters. The van der Waals surface area contributed by atoms with E-state index < -0.39 is 41.3 Å². The van der Waals surface area contributed by atoms with Crippen LogP contribution in [-0.4, -0.2) is 52.5 Å². The van der Waals surface area contributed by atoms with E-state index in [-0.39, 0.29) is 6.54 Å². The molecular formula is C12H18F3NO3. The molecule has 0 aromatic carbocycles. The maximum Gasteiger partial charge on any atom is 0.471 e. The molecule has 0 aromatic heterocycles. The Morgan fingerprint density at radius 2 is 1.89 bits per heavy atom. The SMILES string of the molecule is C[C@@H]1OC2(C(C)(C)C)CN(C(=O)C(F)(F)F)[C@H]1[C@@H]2O. The number of likely N-dealkylation sites (tertiary alicyclic amines) is 1. The quantitative estimate of drug-likeness (QED) is 0.728. The normalized spacial score (nSPS) is 38.9. The molecule has 7 heteroatoms. The molecule has 1 unspecified atom stereocenters. The number of morpholine rings is 1. The Bertz CT molecular complexity index is 404. The van der Waals surface area contributed by atoms with Crippen molar-refractivity contribution in [3.63, 3.8) is 0 Å². The topological polar surface area (TPSA) is 49.8 Å². The number of aliphatic hydroxyl groups is 1. The number of carbonyl (C=O) groups excluding carboxylic acids is 1. The average molecular weight is 281 g/mol. The third-order valence-corrected chi connectivity index (χ3v) is 4.22. The molecule has 2 aliphatic heterocycles. The second-order valence-electron chi connectivity index (χ2n) is 6.33. The van der Waals surface area contributed by atoms with Crippen molar-refractivity contribution >= 4 is 5.91 Å². The summed E-state index contributed by atoms with van der Waals surface area (Å²) in [6, 6.07) is -0.937. The monoisotopic (exact) mass is 281 g/mol. The lowest BCUT2D eigenvalue weighted by Gasteiger charge is -2.43. The van der Waals surface area contributed by atoms with Crippen LogP contribution in [-0.2, 0) is 9.53 Å². The standard InChI is InChI=1S/C12H18F3NO3/c1-6-7-8(17)11(19-6,10(2,3)4)5-16(7)9(18)12(13,14)15/h6-8,17H,5H2,1-4H3/t6-,7+,8-,11?/m0/s1. The molecule has 0 aromatic rings. The number of fused-ring (bicyclic) bond motifs is 2. The van der Waals surface area contributed by atoms with E-state index in [1.54, 1.807) is 27.7 Å². The molecule has 1 amide bonds. The van der Waals surface area contributed by atoms with Crippen LogP contribution in [0.15, 0.2) is 0 Å². The number of aliphatic hydroxyl groups excluding tert-OH is 1. The minimum absolute atomic E-state index is 0.231. The number of ether oxygens (including phenoxy) is 1. The minimum atomic E-state index is -4.93. The summed E-state index contributed by atoms with van der Waals surface area (Å²) in [5.74, 6) is -1.90. The summed E-state index contributed by atoms with van der Waals surface area (Å²) in [5, 5.41) is 10.3. The highest BCUT2D eigenvalue weighted by molar-refractivity contribution is 5.83. The van der Waals surface area contributed by atoms with Crippen LogP contribution in [0.2, 0.25) is 0 Å². The fourth-order valence-corrected chi connectivity index (χ4v) is 3.14. The van der Waals surface area contributed by atoms with Crippen molar-refractivity contribution in [1.82, 2.24) is 4.90 Å². The predicted octanol–water partition coefficient (Wildman–Crippen LogP) is 1.32. The van der Waals surface area contributed by atoms with Gasteiger partial charge in [-0.3, -0.25) is 4.79 Å². The molecule has 2 saturated heterocycles. The first-order chi connectivity index (χ1) is 8.42. The van der Waals surface area contributed by atoms with Gasteiger partial charge in [-0.05, 0) is 12.3 Å². The van der Waals surface area contributed by atoms with E-state index in [0.717, 1.165) is 0 Å². The van der Waals surface area contributed by atoms with Gasteiger partial charge in [0.25, 0.3) is 0 Å². The van der Waals surface area contributed by atoms with E-state index in [2.05, 4.69) is 0 Å². The zero-order valence-corrected chi connectivity index (χ0v) is 11.3. The fraction of sp³-hybridized carbons (Fsp3) is 0.917. The number of amides is 1. The lowest BCUT2D eigenvalue weighted by molar-refractivity contribution is -0.200. The third kappa shape index (κ3) is 1.86. The Hall–Kier alpha value is -0.820. The second kappa shape index (κ2) is 3.85. The average Bonchev–Trinajstić information content (AvgIpc) is 2.63. The molecule has 0 radical (unpaired) electrons. The summed E-state index contributed by atoms with van der Waals surface area (Å²) >= 11 is 0. The molecule has 2 bridgehead atoms.